The van der Waals surface area contributed by atoms with Gasteiger partial charge in [-0.2, -0.15) is 5.26 Å². The zero-order valence-electron chi connectivity index (χ0n) is 9.42. The summed E-state index contributed by atoms with van der Waals surface area (Å²) < 4.78 is 39.5. The molecule has 0 bridgehead atoms. The van der Waals surface area contributed by atoms with Crippen molar-refractivity contribution in [1.82, 2.24) is 4.98 Å². The van der Waals surface area contributed by atoms with Crippen LogP contribution in [0.1, 0.15) is 5.69 Å². The van der Waals surface area contributed by atoms with E-state index in [0.717, 1.165) is 0 Å². The molecule has 0 aliphatic rings. The minimum absolute atomic E-state index is 0.0233. The first-order chi connectivity index (χ1) is 9.01. The Morgan fingerprint density at radius 3 is 2.37 bits per heavy atom. The predicted molar refractivity (Wildman–Crippen MR) is 63.0 cm³/mol. The SMILES string of the molecule is N#Cc1nc(Nc2c(F)cc(F)cc2F)ccc1N. The van der Waals surface area contributed by atoms with E-state index in [0.29, 0.717) is 12.1 Å². The van der Waals surface area contributed by atoms with Crippen molar-refractivity contribution in [2.45, 2.75) is 0 Å². The Bertz CT molecular complexity index is 656. The molecule has 19 heavy (non-hydrogen) atoms. The zero-order valence-corrected chi connectivity index (χ0v) is 9.42. The molecule has 0 aliphatic carbocycles. The number of nitrogens with one attached hydrogen (secondary N) is 1. The zero-order chi connectivity index (χ0) is 14.0. The summed E-state index contributed by atoms with van der Waals surface area (Å²) in [5.41, 5.74) is 4.98. The molecule has 4 nitrogen and oxygen atoms in total. The van der Waals surface area contributed by atoms with Crippen molar-refractivity contribution < 1.29 is 13.2 Å². The van der Waals surface area contributed by atoms with Gasteiger partial charge in [-0.15, -0.1) is 0 Å². The van der Waals surface area contributed by atoms with Gasteiger partial charge >= 0.3 is 0 Å². The van der Waals surface area contributed by atoms with Gasteiger partial charge in [0.05, 0.1) is 5.69 Å². The molecule has 3 N–H and O–H groups in total. The second-order valence-corrected chi connectivity index (χ2v) is 3.62. The summed E-state index contributed by atoms with van der Waals surface area (Å²) in [6.45, 7) is 0. The molecule has 1 aromatic heterocycles. The van der Waals surface area contributed by atoms with Crippen LogP contribution in [0.2, 0.25) is 0 Å². The summed E-state index contributed by atoms with van der Waals surface area (Å²) in [6, 6.07) is 5.52. The van der Waals surface area contributed by atoms with Crippen molar-refractivity contribution in [3.8, 4) is 6.07 Å². The number of nitrogens with zero attached hydrogens (tertiary/aromatic N) is 2. The largest absolute Gasteiger partial charge is 0.396 e. The van der Waals surface area contributed by atoms with Crippen LogP contribution in [0, 0.1) is 28.8 Å². The molecule has 0 aliphatic heterocycles. The van der Waals surface area contributed by atoms with Gasteiger partial charge in [0.1, 0.15) is 23.4 Å². The number of hydrogen-bond donors (Lipinski definition) is 2. The maximum absolute atomic E-state index is 13.4. The lowest BCUT2D eigenvalue weighted by Crippen LogP contribution is -2.02. The van der Waals surface area contributed by atoms with E-state index in [-0.39, 0.29) is 17.2 Å². The Morgan fingerprint density at radius 1 is 1.16 bits per heavy atom. The summed E-state index contributed by atoms with van der Waals surface area (Å²) in [7, 11) is 0. The lowest BCUT2D eigenvalue weighted by atomic mass is 10.2. The van der Waals surface area contributed by atoms with Crippen molar-refractivity contribution in [2.24, 2.45) is 0 Å². The van der Waals surface area contributed by atoms with Crippen molar-refractivity contribution >= 4 is 17.2 Å². The number of halogens is 3. The van der Waals surface area contributed by atoms with E-state index in [1.165, 1.54) is 12.1 Å². The second kappa shape index (κ2) is 4.86. The van der Waals surface area contributed by atoms with Crippen LogP contribution < -0.4 is 11.1 Å². The van der Waals surface area contributed by atoms with E-state index in [1.807, 2.05) is 0 Å². The van der Waals surface area contributed by atoms with Gasteiger partial charge < -0.3 is 11.1 Å². The molecule has 96 valence electrons. The smallest absolute Gasteiger partial charge is 0.165 e. The van der Waals surface area contributed by atoms with E-state index in [2.05, 4.69) is 10.3 Å². The Balaban J connectivity index is 2.40. The fourth-order valence-corrected chi connectivity index (χ4v) is 1.42. The number of nitrogen functional groups attached to an aromatic ring is 1. The molecule has 1 aromatic carbocycles. The van der Waals surface area contributed by atoms with Crippen molar-refractivity contribution in [1.29, 1.82) is 5.26 Å². The topological polar surface area (TPSA) is 74.7 Å². The molecule has 0 unspecified atom stereocenters. The van der Waals surface area contributed by atoms with Gasteiger partial charge in [0, 0.05) is 12.1 Å². The third kappa shape index (κ3) is 2.57. The van der Waals surface area contributed by atoms with Crippen LogP contribution in [0.15, 0.2) is 24.3 Å². The second-order valence-electron chi connectivity index (χ2n) is 3.62. The van der Waals surface area contributed by atoms with Crippen LogP contribution in [-0.2, 0) is 0 Å². The number of aromatic nitrogens is 1. The van der Waals surface area contributed by atoms with Gasteiger partial charge in [0.15, 0.2) is 17.3 Å². The highest BCUT2D eigenvalue weighted by molar-refractivity contribution is 5.61. The minimum Gasteiger partial charge on any atom is -0.396 e. The molecule has 2 rings (SSSR count). The molecule has 2 aromatic rings. The highest BCUT2D eigenvalue weighted by Crippen LogP contribution is 2.24. The third-order valence-electron chi connectivity index (χ3n) is 2.29. The molecule has 7 heteroatoms. The number of benzene rings is 1. The molecule has 0 saturated heterocycles. The summed E-state index contributed by atoms with van der Waals surface area (Å²) >= 11 is 0. The summed E-state index contributed by atoms with van der Waals surface area (Å²) in [5.74, 6) is -3.21. The molecule has 0 amide bonds. The first-order valence-electron chi connectivity index (χ1n) is 5.09. The number of hydrogen-bond acceptors (Lipinski definition) is 4. The maximum Gasteiger partial charge on any atom is 0.165 e. The molecule has 0 spiro atoms. The highest BCUT2D eigenvalue weighted by atomic mass is 19.1. The van der Waals surface area contributed by atoms with Gasteiger partial charge in [-0.1, -0.05) is 0 Å². The van der Waals surface area contributed by atoms with Gasteiger partial charge in [0.25, 0.3) is 0 Å². The third-order valence-corrected chi connectivity index (χ3v) is 2.29. The monoisotopic (exact) mass is 264 g/mol. The van der Waals surface area contributed by atoms with Gasteiger partial charge in [0.2, 0.25) is 0 Å². The normalized spacial score (nSPS) is 10.0. The van der Waals surface area contributed by atoms with Crippen LogP contribution >= 0.6 is 0 Å². The van der Waals surface area contributed by atoms with E-state index in [1.54, 1.807) is 6.07 Å². The van der Waals surface area contributed by atoms with Crippen molar-refractivity contribution in [3.05, 3.63) is 47.4 Å². The molecule has 0 fully saturated rings. The number of rotatable bonds is 2. The molecule has 0 radical (unpaired) electrons. The first-order valence-corrected chi connectivity index (χ1v) is 5.09. The lowest BCUT2D eigenvalue weighted by molar-refractivity contribution is 0.549. The number of pyridine rings is 1. The van der Waals surface area contributed by atoms with Gasteiger partial charge in [-0.05, 0) is 12.1 Å². The molecular formula is C12H7F3N4. The number of anilines is 3. The van der Waals surface area contributed by atoms with Crippen LogP contribution in [0.5, 0.6) is 0 Å². The van der Waals surface area contributed by atoms with E-state index in [9.17, 15) is 13.2 Å². The molecule has 0 saturated carbocycles. The molecular weight excluding hydrogens is 257 g/mol. The quantitative estimate of drug-likeness (QED) is 0.874. The summed E-state index contributed by atoms with van der Waals surface area (Å²) in [6.07, 6.45) is 0. The van der Waals surface area contributed by atoms with E-state index >= 15 is 0 Å². The minimum atomic E-state index is -1.10. The summed E-state index contributed by atoms with van der Waals surface area (Å²) in [5, 5.41) is 11.1. The first kappa shape index (κ1) is 12.7. The van der Waals surface area contributed by atoms with Gasteiger partial charge in [-0.3, -0.25) is 0 Å². The summed E-state index contributed by atoms with van der Waals surface area (Å²) in [4.78, 5) is 3.77. The fourth-order valence-electron chi connectivity index (χ4n) is 1.42. The van der Waals surface area contributed by atoms with Crippen LogP contribution in [0.25, 0.3) is 0 Å². The number of nitriles is 1. The Kier molecular flexibility index (Phi) is 3.25. The number of nitrogens with two attached hydrogens (primary N) is 1. The highest BCUT2D eigenvalue weighted by Gasteiger charge is 2.12. The van der Waals surface area contributed by atoms with Crippen LogP contribution in [-0.4, -0.2) is 4.98 Å². The van der Waals surface area contributed by atoms with E-state index < -0.39 is 23.1 Å². The van der Waals surface area contributed by atoms with Gasteiger partial charge in [-0.25, -0.2) is 18.2 Å². The Labute approximate surface area is 106 Å². The average molecular weight is 264 g/mol. The predicted octanol–water partition coefficient (Wildman–Crippen LogP) is 2.70. The standard InChI is InChI=1S/C12H7F3N4/c13-6-3-7(14)12(8(15)4-6)19-11-2-1-9(17)10(5-16)18-11/h1-4H,17H2,(H,18,19). The van der Waals surface area contributed by atoms with Crippen LogP contribution in [0.3, 0.4) is 0 Å². The van der Waals surface area contributed by atoms with Crippen LogP contribution in [0.4, 0.5) is 30.4 Å². The molecule has 0 atom stereocenters. The average Bonchev–Trinajstić information content (AvgIpc) is 2.35. The Hall–Kier alpha value is -2.75. The Morgan fingerprint density at radius 2 is 1.79 bits per heavy atom. The lowest BCUT2D eigenvalue weighted by Gasteiger charge is -2.09. The van der Waals surface area contributed by atoms with Crippen molar-refractivity contribution in [2.75, 3.05) is 11.1 Å². The molecule has 1 heterocycles. The fraction of sp³-hybridized carbons (Fsp3) is 0. The maximum atomic E-state index is 13.4. The van der Waals surface area contributed by atoms with Crippen molar-refractivity contribution in [3.63, 3.8) is 0 Å². The van der Waals surface area contributed by atoms with E-state index in [4.69, 9.17) is 11.0 Å².